The number of hydrogen-bond acceptors (Lipinski definition) is 12. The Bertz CT molecular complexity index is 1030. The van der Waals surface area contributed by atoms with Crippen LogP contribution in [-0.4, -0.2) is 104 Å². The predicted molar refractivity (Wildman–Crippen MR) is 110 cm³/mol. The van der Waals surface area contributed by atoms with Gasteiger partial charge in [-0.3, -0.25) is 0 Å². The van der Waals surface area contributed by atoms with Gasteiger partial charge in [-0.2, -0.15) is 0 Å². The summed E-state index contributed by atoms with van der Waals surface area (Å²) in [6.07, 6.45) is -8.10. The van der Waals surface area contributed by atoms with Crippen LogP contribution < -0.4 is 0 Å². The predicted octanol–water partition coefficient (Wildman–Crippen LogP) is -1.65. The third-order valence-electron chi connectivity index (χ3n) is 8.66. The van der Waals surface area contributed by atoms with Crippen molar-refractivity contribution in [1.29, 1.82) is 0 Å². The zero-order valence-corrected chi connectivity index (χ0v) is 18.8. The van der Waals surface area contributed by atoms with Crippen molar-refractivity contribution in [1.82, 2.24) is 0 Å². The van der Waals surface area contributed by atoms with E-state index < -0.39 is 77.9 Å². The number of aromatic hydroxyl groups is 1. The molecule has 8 rings (SSSR count). The van der Waals surface area contributed by atoms with E-state index in [-0.39, 0.29) is 30.8 Å². The molecule has 0 aromatic heterocycles. The molecule has 0 spiro atoms. The highest BCUT2D eigenvalue weighted by atomic mass is 16.8. The van der Waals surface area contributed by atoms with Crippen LogP contribution >= 0.6 is 0 Å². The largest absolute Gasteiger partial charge is 0.508 e. The summed E-state index contributed by atoms with van der Waals surface area (Å²) in [4.78, 5) is 12.7. The van der Waals surface area contributed by atoms with Crippen LogP contribution in [0.2, 0.25) is 0 Å². The highest BCUT2D eigenvalue weighted by Gasteiger charge is 2.94. The van der Waals surface area contributed by atoms with Gasteiger partial charge in [-0.25, -0.2) is 4.79 Å². The molecule has 0 amide bonds. The standard InChI is InChI=1S/C23H28O12/c1-20-8-22(30)13-6-23(20,33-18-16(28)15(27)14(26)12(7-24)32-18)21(13,19(34-20)35-22)9-31-17(29)10-2-4-11(25)5-3-10/h2-5,12-16,18-19,24-28,30H,6-9H2,1H3. The molecule has 11 atom stereocenters. The lowest BCUT2D eigenvalue weighted by Gasteiger charge is -2.67. The van der Waals surface area contributed by atoms with E-state index in [1.54, 1.807) is 6.92 Å². The van der Waals surface area contributed by atoms with Crippen molar-refractivity contribution in [3.05, 3.63) is 29.8 Å². The third kappa shape index (κ3) is 2.80. The molecule has 7 fully saturated rings. The lowest BCUT2D eigenvalue weighted by Crippen LogP contribution is -2.80. The van der Waals surface area contributed by atoms with Crippen LogP contribution in [-0.2, 0) is 23.7 Å². The number of ether oxygens (including phenoxy) is 5. The number of benzene rings is 1. The van der Waals surface area contributed by atoms with Gasteiger partial charge in [-0.1, -0.05) is 0 Å². The molecule has 35 heavy (non-hydrogen) atoms. The van der Waals surface area contributed by atoms with Crippen molar-refractivity contribution in [3.8, 4) is 5.75 Å². The molecule has 7 aliphatic rings. The Morgan fingerprint density at radius 1 is 1.11 bits per heavy atom. The Morgan fingerprint density at radius 3 is 2.51 bits per heavy atom. The maximum Gasteiger partial charge on any atom is 0.338 e. The molecule has 0 radical (unpaired) electrons. The lowest BCUT2D eigenvalue weighted by atomic mass is 9.41. The van der Waals surface area contributed by atoms with Gasteiger partial charge in [0, 0.05) is 12.3 Å². The second-order valence-electron chi connectivity index (χ2n) is 10.4. The topological polar surface area (TPSA) is 185 Å². The molecule has 1 aromatic carbocycles. The number of rotatable bonds is 6. The minimum Gasteiger partial charge on any atom is -0.508 e. The number of hydrogen-bond donors (Lipinski definition) is 6. The molecule has 4 heterocycles. The Labute approximate surface area is 199 Å². The molecule has 12 heteroatoms. The number of carbonyl (C=O) groups excluding carboxylic acids is 1. The van der Waals surface area contributed by atoms with Gasteiger partial charge in [0.25, 0.3) is 0 Å². The average Bonchev–Trinajstić information content (AvgIpc) is 3.00. The monoisotopic (exact) mass is 496 g/mol. The molecule has 3 aliphatic carbocycles. The van der Waals surface area contributed by atoms with Crippen LogP contribution in [0.1, 0.15) is 30.1 Å². The minimum atomic E-state index is -1.64. The molecular formula is C23H28O12. The first-order valence-electron chi connectivity index (χ1n) is 11.5. The van der Waals surface area contributed by atoms with Crippen LogP contribution in [0.15, 0.2) is 24.3 Å². The van der Waals surface area contributed by atoms with Gasteiger partial charge in [-0.05, 0) is 37.6 Å². The molecule has 11 unspecified atom stereocenters. The maximum absolute atomic E-state index is 12.7. The van der Waals surface area contributed by atoms with E-state index in [4.69, 9.17) is 23.7 Å². The van der Waals surface area contributed by atoms with Crippen molar-refractivity contribution in [2.75, 3.05) is 13.2 Å². The number of esters is 1. The van der Waals surface area contributed by atoms with Gasteiger partial charge >= 0.3 is 5.97 Å². The second kappa shape index (κ2) is 7.34. The van der Waals surface area contributed by atoms with E-state index in [0.29, 0.717) is 0 Å². The maximum atomic E-state index is 12.7. The molecule has 4 aliphatic heterocycles. The van der Waals surface area contributed by atoms with Gasteiger partial charge < -0.3 is 54.3 Å². The highest BCUT2D eigenvalue weighted by molar-refractivity contribution is 5.89. The Morgan fingerprint density at radius 2 is 1.83 bits per heavy atom. The molecule has 4 saturated heterocycles. The van der Waals surface area contributed by atoms with E-state index in [1.165, 1.54) is 24.3 Å². The van der Waals surface area contributed by atoms with Gasteiger partial charge in [0.1, 0.15) is 48.0 Å². The van der Waals surface area contributed by atoms with E-state index in [2.05, 4.69) is 0 Å². The Hall–Kier alpha value is -1.87. The van der Waals surface area contributed by atoms with E-state index in [9.17, 15) is 35.4 Å². The number of carbonyl (C=O) groups is 1. The summed E-state index contributed by atoms with van der Waals surface area (Å²) in [6, 6.07) is 5.54. The first kappa shape index (κ1) is 23.5. The fourth-order valence-electron chi connectivity index (χ4n) is 6.90. The minimum absolute atomic E-state index is 0.00282. The van der Waals surface area contributed by atoms with Crippen LogP contribution in [0.4, 0.5) is 0 Å². The molecule has 192 valence electrons. The Kier molecular flexibility index (Phi) is 4.93. The van der Waals surface area contributed by atoms with Gasteiger partial charge in [0.15, 0.2) is 18.4 Å². The SMILES string of the molecule is CC12CC3(O)OC(O1)C1(COC(=O)c4ccc(O)cc4)C3CC21OC1OC(CO)C(O)C(O)C1O. The molecule has 1 aromatic rings. The summed E-state index contributed by atoms with van der Waals surface area (Å²) in [6.45, 7) is 0.878. The lowest BCUT2D eigenvalue weighted by molar-refractivity contribution is -0.424. The van der Waals surface area contributed by atoms with Crippen molar-refractivity contribution < 1.29 is 59.1 Å². The summed E-state index contributed by atoms with van der Waals surface area (Å²) >= 11 is 0. The fraction of sp³-hybridized carbons (Fsp3) is 0.696. The van der Waals surface area contributed by atoms with E-state index in [1.807, 2.05) is 0 Å². The number of aliphatic hydroxyl groups is 5. The van der Waals surface area contributed by atoms with Gasteiger partial charge in [0.05, 0.1) is 17.6 Å². The van der Waals surface area contributed by atoms with Crippen LogP contribution in [0.5, 0.6) is 5.75 Å². The van der Waals surface area contributed by atoms with Gasteiger partial charge in [-0.15, -0.1) is 0 Å². The van der Waals surface area contributed by atoms with Crippen molar-refractivity contribution in [2.24, 2.45) is 11.3 Å². The summed E-state index contributed by atoms with van der Waals surface area (Å²) in [5, 5.41) is 61.2. The third-order valence-corrected chi connectivity index (χ3v) is 8.66. The molecule has 6 N–H and O–H groups in total. The number of aliphatic hydroxyl groups excluding tert-OH is 4. The van der Waals surface area contributed by atoms with Crippen LogP contribution in [0.3, 0.4) is 0 Å². The van der Waals surface area contributed by atoms with Crippen molar-refractivity contribution in [3.63, 3.8) is 0 Å². The summed E-state index contributed by atoms with van der Waals surface area (Å²) in [5.41, 5.74) is -3.27. The molecule has 3 saturated carbocycles. The summed E-state index contributed by atoms with van der Waals surface area (Å²) in [7, 11) is 0. The molecular weight excluding hydrogens is 468 g/mol. The van der Waals surface area contributed by atoms with E-state index in [0.717, 1.165) is 0 Å². The first-order chi connectivity index (χ1) is 16.5. The zero-order chi connectivity index (χ0) is 25.0. The first-order valence-corrected chi connectivity index (χ1v) is 11.5. The normalized spacial score (nSPS) is 51.3. The molecule has 12 nitrogen and oxygen atoms in total. The fourth-order valence-corrected chi connectivity index (χ4v) is 6.90. The van der Waals surface area contributed by atoms with Crippen LogP contribution in [0, 0.1) is 11.3 Å². The second-order valence-corrected chi connectivity index (χ2v) is 10.4. The number of phenols is 1. The van der Waals surface area contributed by atoms with E-state index >= 15 is 0 Å². The highest BCUT2D eigenvalue weighted by Crippen LogP contribution is 2.81. The zero-order valence-electron chi connectivity index (χ0n) is 18.8. The average molecular weight is 496 g/mol. The van der Waals surface area contributed by atoms with Crippen molar-refractivity contribution >= 4 is 5.97 Å². The van der Waals surface area contributed by atoms with Gasteiger partial charge in [0.2, 0.25) is 0 Å². The Balaban J connectivity index is 1.31. The van der Waals surface area contributed by atoms with Crippen LogP contribution in [0.25, 0.3) is 0 Å². The number of phenolic OH excluding ortho intramolecular Hbond substituents is 1. The molecule has 6 bridgehead atoms. The summed E-state index contributed by atoms with van der Waals surface area (Å²) in [5.74, 6) is -2.68. The quantitative estimate of drug-likeness (QED) is 0.247. The summed E-state index contributed by atoms with van der Waals surface area (Å²) < 4.78 is 29.6. The van der Waals surface area contributed by atoms with Crippen molar-refractivity contribution in [2.45, 2.75) is 73.8 Å². The smallest absolute Gasteiger partial charge is 0.338 e.